The van der Waals surface area contributed by atoms with Gasteiger partial charge in [0.15, 0.2) is 23.1 Å². The molecule has 0 bridgehead atoms. The summed E-state index contributed by atoms with van der Waals surface area (Å²) in [5.41, 5.74) is 1.12. The van der Waals surface area contributed by atoms with Crippen molar-refractivity contribution in [1.29, 1.82) is 0 Å². The minimum atomic E-state index is -0.849. The van der Waals surface area contributed by atoms with E-state index in [0.29, 0.717) is 17.0 Å². The van der Waals surface area contributed by atoms with Gasteiger partial charge in [-0.2, -0.15) is 4.98 Å². The zero-order chi connectivity index (χ0) is 29.0. The molecule has 3 amide bonds. The van der Waals surface area contributed by atoms with Crippen molar-refractivity contribution >= 4 is 58.5 Å². The molecule has 0 unspecified atom stereocenters. The largest absolute Gasteiger partial charge is 0.494 e. The quantitative estimate of drug-likeness (QED) is 0.168. The van der Waals surface area contributed by atoms with Crippen molar-refractivity contribution in [2.75, 3.05) is 24.4 Å². The standard InChI is InChI=1S/C23H29B3N8O6/c1-10(36)27-15(9-35)19-30-22(40-34-19)12-4-3-5-13(18(12)39-2)28-14-8-16(29-20(37)11-6-7-11)32-33-17(14)21(38)31-23(24,25)26/h3-5,8,11,15,35H,6-7,9,24-26H2,1-2H3,(H,27,36)(H,31,38)(H2,28,29,32,37)/t15-/m1/s1. The van der Waals surface area contributed by atoms with E-state index in [9.17, 15) is 19.5 Å². The van der Waals surface area contributed by atoms with Crippen LogP contribution < -0.4 is 26.0 Å². The molecule has 0 aliphatic heterocycles. The Morgan fingerprint density at radius 2 is 1.95 bits per heavy atom. The molecule has 1 saturated carbocycles. The number of carbonyl (C=O) groups is 3. The molecule has 206 valence electrons. The molecule has 3 aromatic rings. The highest BCUT2D eigenvalue weighted by Crippen LogP contribution is 2.38. The molecule has 1 atom stereocenters. The number of amides is 3. The predicted molar refractivity (Wildman–Crippen MR) is 152 cm³/mol. The van der Waals surface area contributed by atoms with Gasteiger partial charge in [-0.3, -0.25) is 14.4 Å². The Hall–Kier alpha value is -4.40. The van der Waals surface area contributed by atoms with E-state index < -0.39 is 23.8 Å². The molecule has 1 aliphatic carbocycles. The zero-order valence-corrected chi connectivity index (χ0v) is 22.9. The number of para-hydroxylation sites is 1. The van der Waals surface area contributed by atoms with Crippen LogP contribution in [0.25, 0.3) is 11.5 Å². The topological polar surface area (TPSA) is 193 Å². The third kappa shape index (κ3) is 6.97. The summed E-state index contributed by atoms with van der Waals surface area (Å²) < 4.78 is 11.1. The molecule has 0 saturated heterocycles. The molecule has 2 heterocycles. The number of nitrogens with zero attached hydrogens (tertiary/aromatic N) is 4. The van der Waals surface area contributed by atoms with Crippen molar-refractivity contribution in [2.24, 2.45) is 5.92 Å². The van der Waals surface area contributed by atoms with Gasteiger partial charge in [-0.15, -0.1) is 10.2 Å². The molecule has 4 rings (SSSR count). The lowest BCUT2D eigenvalue weighted by Crippen LogP contribution is -2.50. The first-order valence-corrected chi connectivity index (χ1v) is 12.7. The normalized spacial score (nSPS) is 13.7. The van der Waals surface area contributed by atoms with Crippen LogP contribution in [0.1, 0.15) is 42.1 Å². The Kier molecular flexibility index (Phi) is 8.42. The predicted octanol–water partition coefficient (Wildman–Crippen LogP) is -1.96. The first kappa shape index (κ1) is 28.6. The van der Waals surface area contributed by atoms with Crippen molar-refractivity contribution in [3.05, 3.63) is 35.8 Å². The average Bonchev–Trinajstić information content (AvgIpc) is 3.63. The number of carbonyl (C=O) groups excluding carboxylic acids is 3. The fraction of sp³-hybridized carbons (Fsp3) is 0.348. The molecule has 1 aliphatic rings. The Bertz CT molecular complexity index is 1430. The van der Waals surface area contributed by atoms with Crippen LogP contribution in [0.3, 0.4) is 0 Å². The van der Waals surface area contributed by atoms with Crippen LogP contribution in [0.4, 0.5) is 17.2 Å². The van der Waals surface area contributed by atoms with Gasteiger partial charge in [0.25, 0.3) is 11.8 Å². The summed E-state index contributed by atoms with van der Waals surface area (Å²) in [6.45, 7) is 0.889. The van der Waals surface area contributed by atoms with Crippen LogP contribution in [-0.4, -0.2) is 85.7 Å². The minimum absolute atomic E-state index is 0.00738. The number of benzene rings is 1. The number of aromatic nitrogens is 4. The average molecular weight is 546 g/mol. The lowest BCUT2D eigenvalue weighted by atomic mass is 9.49. The maximum absolute atomic E-state index is 13.1. The van der Waals surface area contributed by atoms with Crippen LogP contribution in [0.5, 0.6) is 5.75 Å². The second-order valence-corrected chi connectivity index (χ2v) is 10.4. The van der Waals surface area contributed by atoms with Gasteiger partial charge in [-0.05, 0) is 30.2 Å². The van der Waals surface area contributed by atoms with E-state index in [1.807, 2.05) is 23.5 Å². The second kappa shape index (κ2) is 11.8. The number of aliphatic hydroxyl groups is 1. The molecule has 1 fully saturated rings. The fourth-order valence-electron chi connectivity index (χ4n) is 3.78. The Morgan fingerprint density at radius 1 is 1.20 bits per heavy atom. The van der Waals surface area contributed by atoms with Crippen LogP contribution >= 0.6 is 0 Å². The highest BCUT2D eigenvalue weighted by atomic mass is 16.5. The van der Waals surface area contributed by atoms with Crippen molar-refractivity contribution in [3.8, 4) is 17.2 Å². The number of anilines is 3. The molecule has 1 aromatic carbocycles. The minimum Gasteiger partial charge on any atom is -0.494 e. The summed E-state index contributed by atoms with van der Waals surface area (Å²) in [7, 11) is 6.98. The Morgan fingerprint density at radius 3 is 2.58 bits per heavy atom. The van der Waals surface area contributed by atoms with E-state index in [0.717, 1.165) is 12.8 Å². The van der Waals surface area contributed by atoms with Crippen molar-refractivity contribution < 1.29 is 28.8 Å². The van der Waals surface area contributed by atoms with Gasteiger partial charge in [0, 0.05) is 18.9 Å². The third-order valence-corrected chi connectivity index (χ3v) is 5.73. The molecular weight excluding hydrogens is 517 g/mol. The molecule has 0 spiro atoms. The molecule has 17 heteroatoms. The SMILES string of the molecule is BC(B)(B)NC(=O)c1nnc(NC(=O)C2CC2)cc1Nc1cccc(-c2nc([C@@H](CO)NC(C)=O)no2)c1OC. The molecule has 5 N–H and O–H groups in total. The number of ether oxygens (including phenoxy) is 1. The monoisotopic (exact) mass is 546 g/mol. The third-order valence-electron chi connectivity index (χ3n) is 5.73. The number of hydrogen-bond donors (Lipinski definition) is 5. The maximum atomic E-state index is 13.1. The highest BCUT2D eigenvalue weighted by Gasteiger charge is 2.30. The number of rotatable bonds is 11. The number of nitrogens with one attached hydrogen (secondary N) is 4. The summed E-state index contributed by atoms with van der Waals surface area (Å²) in [6, 6.07) is 5.79. The van der Waals surface area contributed by atoms with Crippen molar-refractivity contribution in [1.82, 2.24) is 31.0 Å². The van der Waals surface area contributed by atoms with E-state index in [4.69, 9.17) is 9.26 Å². The maximum Gasteiger partial charge on any atom is 0.272 e. The van der Waals surface area contributed by atoms with Crippen molar-refractivity contribution in [2.45, 2.75) is 31.0 Å². The van der Waals surface area contributed by atoms with Gasteiger partial charge >= 0.3 is 0 Å². The second-order valence-electron chi connectivity index (χ2n) is 10.4. The number of aliphatic hydroxyl groups excluding tert-OH is 1. The summed E-state index contributed by atoms with van der Waals surface area (Å²) in [6.07, 6.45) is 1.64. The van der Waals surface area contributed by atoms with Gasteiger partial charge in [-0.25, -0.2) is 0 Å². The van der Waals surface area contributed by atoms with Gasteiger partial charge in [0.05, 0.1) is 30.7 Å². The van der Waals surface area contributed by atoms with Gasteiger partial charge < -0.3 is 35.6 Å². The van der Waals surface area contributed by atoms with E-state index in [2.05, 4.69) is 41.6 Å². The van der Waals surface area contributed by atoms with Crippen LogP contribution in [-0.2, 0) is 9.59 Å². The molecule has 0 radical (unpaired) electrons. The van der Waals surface area contributed by atoms with E-state index >= 15 is 0 Å². The lowest BCUT2D eigenvalue weighted by Gasteiger charge is -2.21. The van der Waals surface area contributed by atoms with E-state index in [-0.39, 0.29) is 46.6 Å². The summed E-state index contributed by atoms with van der Waals surface area (Å²) in [5, 5.41) is 32.4. The smallest absolute Gasteiger partial charge is 0.272 e. The molecular formula is C23H29B3N8O6. The highest BCUT2D eigenvalue weighted by molar-refractivity contribution is 6.60. The summed E-state index contributed by atoms with van der Waals surface area (Å²) >= 11 is 0. The van der Waals surface area contributed by atoms with E-state index in [1.165, 1.54) is 20.1 Å². The number of hydrogen-bond acceptors (Lipinski definition) is 11. The first-order chi connectivity index (χ1) is 19.0. The number of methoxy groups -OCH3 is 1. The molecule has 14 nitrogen and oxygen atoms in total. The van der Waals surface area contributed by atoms with Crippen LogP contribution in [0.15, 0.2) is 28.8 Å². The summed E-state index contributed by atoms with van der Waals surface area (Å²) in [4.78, 5) is 41.2. The fourth-order valence-corrected chi connectivity index (χ4v) is 3.78. The Labute approximate surface area is 232 Å². The van der Waals surface area contributed by atoms with Crippen molar-refractivity contribution in [3.63, 3.8) is 0 Å². The Balaban J connectivity index is 1.70. The van der Waals surface area contributed by atoms with Crippen LogP contribution in [0.2, 0.25) is 0 Å². The first-order valence-electron chi connectivity index (χ1n) is 12.7. The lowest BCUT2D eigenvalue weighted by molar-refractivity contribution is -0.120. The van der Waals surface area contributed by atoms with Gasteiger partial charge in [0.1, 0.15) is 29.6 Å². The zero-order valence-electron chi connectivity index (χ0n) is 22.9. The van der Waals surface area contributed by atoms with Crippen LogP contribution in [0, 0.1) is 5.92 Å². The van der Waals surface area contributed by atoms with E-state index in [1.54, 1.807) is 18.2 Å². The van der Waals surface area contributed by atoms with Gasteiger partial charge in [0.2, 0.25) is 11.8 Å². The molecule has 2 aromatic heterocycles. The summed E-state index contributed by atoms with van der Waals surface area (Å²) in [5.74, 6) is -0.365. The van der Waals surface area contributed by atoms with Gasteiger partial charge in [-0.1, -0.05) is 11.2 Å². The molecule has 40 heavy (non-hydrogen) atoms.